The molecular formula is C10H11N3O3S. The molecule has 2 rings (SSSR count). The summed E-state index contributed by atoms with van der Waals surface area (Å²) in [5.74, 6) is -0.544. The number of aromatic nitrogens is 2. The Kier molecular flexibility index (Phi) is 2.84. The second-order valence-electron chi connectivity index (χ2n) is 3.70. The van der Waals surface area contributed by atoms with E-state index in [-0.39, 0.29) is 18.5 Å². The van der Waals surface area contributed by atoms with Crippen molar-refractivity contribution in [2.24, 2.45) is 5.73 Å². The molecule has 2 aromatic rings. The number of fused-ring (bicyclic) bond motifs is 1. The molecule has 0 aromatic carbocycles. The van der Waals surface area contributed by atoms with Crippen molar-refractivity contribution in [2.45, 2.75) is 19.9 Å². The van der Waals surface area contributed by atoms with E-state index in [1.165, 1.54) is 11.3 Å². The SMILES string of the molecule is Cc1cc2c(=O)n(CCC(N)=O)c(=O)[nH]c2s1. The summed E-state index contributed by atoms with van der Waals surface area (Å²) in [6.07, 6.45) is -0.0301. The molecule has 90 valence electrons. The van der Waals surface area contributed by atoms with Gasteiger partial charge in [0.15, 0.2) is 0 Å². The van der Waals surface area contributed by atoms with Crippen molar-refractivity contribution in [3.63, 3.8) is 0 Å². The number of aromatic amines is 1. The summed E-state index contributed by atoms with van der Waals surface area (Å²) in [7, 11) is 0. The summed E-state index contributed by atoms with van der Waals surface area (Å²) in [5.41, 5.74) is 4.10. The van der Waals surface area contributed by atoms with Crippen molar-refractivity contribution < 1.29 is 4.79 Å². The number of hydrogen-bond donors (Lipinski definition) is 2. The van der Waals surface area contributed by atoms with Crippen molar-refractivity contribution >= 4 is 27.5 Å². The molecule has 0 fully saturated rings. The van der Waals surface area contributed by atoms with Gasteiger partial charge in [-0.25, -0.2) is 4.79 Å². The third kappa shape index (κ3) is 2.14. The Hall–Kier alpha value is -1.89. The molecule has 0 aliphatic heterocycles. The van der Waals surface area contributed by atoms with Crippen LogP contribution in [0.3, 0.4) is 0 Å². The summed E-state index contributed by atoms with van der Waals surface area (Å²) in [6.45, 7) is 1.87. The van der Waals surface area contributed by atoms with Gasteiger partial charge in [0.2, 0.25) is 5.91 Å². The van der Waals surface area contributed by atoms with Crippen molar-refractivity contribution in [1.82, 2.24) is 9.55 Å². The van der Waals surface area contributed by atoms with E-state index < -0.39 is 11.6 Å². The predicted molar refractivity (Wildman–Crippen MR) is 65.3 cm³/mol. The number of primary amides is 1. The molecule has 6 nitrogen and oxygen atoms in total. The van der Waals surface area contributed by atoms with Gasteiger partial charge < -0.3 is 5.73 Å². The summed E-state index contributed by atoms with van der Waals surface area (Å²) in [5, 5.41) is 0.469. The highest BCUT2D eigenvalue weighted by atomic mass is 32.1. The van der Waals surface area contributed by atoms with Gasteiger partial charge in [-0.2, -0.15) is 0 Å². The zero-order valence-electron chi connectivity index (χ0n) is 9.15. The van der Waals surface area contributed by atoms with Crippen LogP contribution in [0.1, 0.15) is 11.3 Å². The van der Waals surface area contributed by atoms with Gasteiger partial charge in [0.25, 0.3) is 5.56 Å². The minimum atomic E-state index is -0.544. The zero-order chi connectivity index (χ0) is 12.6. The maximum absolute atomic E-state index is 12.0. The number of H-pyrrole nitrogens is 1. The molecule has 7 heteroatoms. The van der Waals surface area contributed by atoms with E-state index in [0.29, 0.717) is 10.2 Å². The summed E-state index contributed by atoms with van der Waals surface area (Å²) >= 11 is 1.35. The Labute approximate surface area is 99.7 Å². The van der Waals surface area contributed by atoms with Crippen LogP contribution in [0.15, 0.2) is 15.7 Å². The van der Waals surface area contributed by atoms with Crippen molar-refractivity contribution in [2.75, 3.05) is 0 Å². The largest absolute Gasteiger partial charge is 0.370 e. The van der Waals surface area contributed by atoms with E-state index in [4.69, 9.17) is 5.73 Å². The molecule has 0 saturated carbocycles. The van der Waals surface area contributed by atoms with E-state index in [2.05, 4.69) is 4.98 Å². The Bertz CT molecular complexity index is 695. The number of nitrogens with one attached hydrogen (secondary N) is 1. The molecule has 0 spiro atoms. The quantitative estimate of drug-likeness (QED) is 0.801. The Morgan fingerprint density at radius 2 is 2.24 bits per heavy atom. The minimum Gasteiger partial charge on any atom is -0.370 e. The number of rotatable bonds is 3. The first-order chi connectivity index (χ1) is 7.99. The highest BCUT2D eigenvalue weighted by Crippen LogP contribution is 2.18. The lowest BCUT2D eigenvalue weighted by atomic mass is 10.3. The maximum Gasteiger partial charge on any atom is 0.329 e. The van der Waals surface area contributed by atoms with Gasteiger partial charge in [0.1, 0.15) is 4.83 Å². The Morgan fingerprint density at radius 3 is 2.88 bits per heavy atom. The third-order valence-electron chi connectivity index (χ3n) is 2.38. The number of amides is 1. The lowest BCUT2D eigenvalue weighted by molar-refractivity contribution is -0.118. The van der Waals surface area contributed by atoms with Gasteiger partial charge in [-0.05, 0) is 13.0 Å². The van der Waals surface area contributed by atoms with Crippen molar-refractivity contribution in [3.8, 4) is 0 Å². The summed E-state index contributed by atoms with van der Waals surface area (Å²) < 4.78 is 0.999. The van der Waals surface area contributed by atoms with Crippen LogP contribution in [0.4, 0.5) is 0 Å². The monoisotopic (exact) mass is 253 g/mol. The van der Waals surface area contributed by atoms with Gasteiger partial charge >= 0.3 is 5.69 Å². The highest BCUT2D eigenvalue weighted by molar-refractivity contribution is 7.18. The molecule has 0 atom stereocenters. The topological polar surface area (TPSA) is 97.9 Å². The molecule has 0 aliphatic carbocycles. The fraction of sp³-hybridized carbons (Fsp3) is 0.300. The molecule has 0 unspecified atom stereocenters. The van der Waals surface area contributed by atoms with Crippen LogP contribution in [-0.4, -0.2) is 15.5 Å². The van der Waals surface area contributed by atoms with Crippen LogP contribution >= 0.6 is 11.3 Å². The average molecular weight is 253 g/mol. The normalized spacial score (nSPS) is 10.9. The van der Waals surface area contributed by atoms with Crippen LogP contribution < -0.4 is 17.0 Å². The first kappa shape index (κ1) is 11.6. The molecule has 2 heterocycles. The number of nitrogens with zero attached hydrogens (tertiary/aromatic N) is 1. The van der Waals surface area contributed by atoms with Crippen LogP contribution in [0, 0.1) is 6.92 Å². The molecule has 0 bridgehead atoms. The second kappa shape index (κ2) is 4.17. The first-order valence-electron chi connectivity index (χ1n) is 5.00. The lowest BCUT2D eigenvalue weighted by Gasteiger charge is -2.02. The van der Waals surface area contributed by atoms with Crippen LogP contribution in [-0.2, 0) is 11.3 Å². The molecular weight excluding hydrogens is 242 g/mol. The number of carbonyl (C=O) groups excluding carboxylic acids is 1. The van der Waals surface area contributed by atoms with Crippen molar-refractivity contribution in [3.05, 3.63) is 31.8 Å². The van der Waals surface area contributed by atoms with Gasteiger partial charge in [0, 0.05) is 17.8 Å². The van der Waals surface area contributed by atoms with Gasteiger partial charge in [-0.1, -0.05) is 0 Å². The second-order valence-corrected chi connectivity index (χ2v) is 4.96. The minimum absolute atomic E-state index is 0.00827. The molecule has 0 saturated heterocycles. The van der Waals surface area contributed by atoms with E-state index in [1.54, 1.807) is 6.07 Å². The first-order valence-corrected chi connectivity index (χ1v) is 5.82. The molecule has 1 amide bonds. The van der Waals surface area contributed by atoms with Gasteiger partial charge in [-0.3, -0.25) is 19.1 Å². The van der Waals surface area contributed by atoms with Crippen LogP contribution in [0.5, 0.6) is 0 Å². The molecule has 0 radical (unpaired) electrons. The van der Waals surface area contributed by atoms with Crippen molar-refractivity contribution in [1.29, 1.82) is 0 Å². The Morgan fingerprint density at radius 1 is 1.53 bits per heavy atom. The van der Waals surface area contributed by atoms with Gasteiger partial charge in [0.05, 0.1) is 5.39 Å². The fourth-order valence-electron chi connectivity index (χ4n) is 1.59. The number of nitrogens with two attached hydrogens (primary N) is 1. The number of aryl methyl sites for hydroxylation is 1. The van der Waals surface area contributed by atoms with Gasteiger partial charge in [-0.15, -0.1) is 11.3 Å². The highest BCUT2D eigenvalue weighted by Gasteiger charge is 2.10. The fourth-order valence-corrected chi connectivity index (χ4v) is 2.49. The maximum atomic E-state index is 12.0. The molecule has 17 heavy (non-hydrogen) atoms. The van der Waals surface area contributed by atoms with E-state index in [0.717, 1.165) is 9.44 Å². The van der Waals surface area contributed by atoms with E-state index >= 15 is 0 Å². The zero-order valence-corrected chi connectivity index (χ0v) is 9.97. The smallest absolute Gasteiger partial charge is 0.329 e. The average Bonchev–Trinajstić information content (AvgIpc) is 2.58. The predicted octanol–water partition coefficient (Wildman–Crippen LogP) is -0.0649. The number of thiophene rings is 1. The Balaban J connectivity index is 2.59. The molecule has 0 aliphatic rings. The number of carbonyl (C=O) groups is 1. The molecule has 2 aromatic heterocycles. The van der Waals surface area contributed by atoms with E-state index in [9.17, 15) is 14.4 Å². The van der Waals surface area contributed by atoms with Crippen LogP contribution in [0.25, 0.3) is 10.2 Å². The number of hydrogen-bond acceptors (Lipinski definition) is 4. The summed E-state index contributed by atoms with van der Waals surface area (Å²) in [6, 6.07) is 1.72. The molecule has 3 N–H and O–H groups in total. The van der Waals surface area contributed by atoms with Crippen LogP contribution in [0.2, 0.25) is 0 Å². The standard InChI is InChI=1S/C10H11N3O3S/c1-5-4-6-8(17-5)12-10(16)13(9(6)15)3-2-7(11)14/h4H,2-3H2,1H3,(H2,11,14)(H,12,16). The third-order valence-corrected chi connectivity index (χ3v) is 3.34. The lowest BCUT2D eigenvalue weighted by Crippen LogP contribution is -2.35. The van der Waals surface area contributed by atoms with E-state index in [1.807, 2.05) is 6.92 Å². The summed E-state index contributed by atoms with van der Waals surface area (Å²) in [4.78, 5) is 38.4.